The Balaban J connectivity index is 1.52. The van der Waals surface area contributed by atoms with E-state index in [0.717, 1.165) is 34.7 Å². The van der Waals surface area contributed by atoms with Crippen LogP contribution in [0.1, 0.15) is 41.0 Å². The first-order valence-electron chi connectivity index (χ1n) is 12.6. The Morgan fingerprint density at radius 2 is 1.36 bits per heavy atom. The Labute approximate surface area is 213 Å². The number of carboxylic acid groups (broad SMARTS) is 1. The van der Waals surface area contributed by atoms with Crippen LogP contribution in [0.5, 0.6) is 0 Å². The van der Waals surface area contributed by atoms with E-state index in [9.17, 15) is 14.7 Å². The second kappa shape index (κ2) is 12.2. The van der Waals surface area contributed by atoms with Crippen molar-refractivity contribution in [1.82, 2.24) is 4.90 Å². The number of rotatable bonds is 11. The number of nitrogens with zero attached hydrogens (tertiary/aromatic N) is 1. The molecule has 0 aliphatic carbocycles. The summed E-state index contributed by atoms with van der Waals surface area (Å²) in [6.45, 7) is 0.682. The lowest BCUT2D eigenvalue weighted by atomic mass is 9.85. The van der Waals surface area contributed by atoms with E-state index in [1.54, 1.807) is 0 Å². The van der Waals surface area contributed by atoms with Crippen molar-refractivity contribution in [1.29, 1.82) is 0 Å². The van der Waals surface area contributed by atoms with Gasteiger partial charge < -0.3 is 10.0 Å². The summed E-state index contributed by atoms with van der Waals surface area (Å²) in [6.07, 6.45) is 2.66. The zero-order valence-electron chi connectivity index (χ0n) is 20.8. The molecule has 0 spiro atoms. The Morgan fingerprint density at radius 3 is 2.03 bits per heavy atom. The van der Waals surface area contributed by atoms with Crippen LogP contribution in [-0.2, 0) is 28.9 Å². The van der Waals surface area contributed by atoms with Gasteiger partial charge in [0.1, 0.15) is 0 Å². The van der Waals surface area contributed by atoms with Crippen LogP contribution in [0.3, 0.4) is 0 Å². The smallest absolute Gasteiger partial charge is 0.303 e. The molecule has 184 valence electrons. The Morgan fingerprint density at radius 1 is 0.778 bits per heavy atom. The molecule has 0 bridgehead atoms. The van der Waals surface area contributed by atoms with E-state index in [1.807, 2.05) is 60.5 Å². The predicted octanol–water partition coefficient (Wildman–Crippen LogP) is 6.27. The number of carbonyl (C=O) groups excluding carboxylic acids is 1. The number of amides is 1. The van der Waals surface area contributed by atoms with Gasteiger partial charge in [-0.2, -0.15) is 0 Å². The Kier molecular flexibility index (Phi) is 8.51. The summed E-state index contributed by atoms with van der Waals surface area (Å²) in [5.41, 5.74) is 4.58. The Hall–Kier alpha value is -3.92. The summed E-state index contributed by atoms with van der Waals surface area (Å²) in [7, 11) is 1.87. The van der Waals surface area contributed by atoms with Gasteiger partial charge in [0.15, 0.2) is 0 Å². The molecular formula is C32H33NO3. The molecule has 0 aromatic heterocycles. The molecular weight excluding hydrogens is 446 g/mol. The number of carbonyl (C=O) groups is 2. The minimum Gasteiger partial charge on any atom is -0.481 e. The van der Waals surface area contributed by atoms with E-state index >= 15 is 0 Å². The quantitative estimate of drug-likeness (QED) is 0.276. The van der Waals surface area contributed by atoms with Crippen LogP contribution in [0, 0.1) is 0 Å². The topological polar surface area (TPSA) is 57.6 Å². The number of benzene rings is 4. The van der Waals surface area contributed by atoms with Crippen LogP contribution in [0.2, 0.25) is 0 Å². The standard InChI is InChI=1S/C32H33NO3/c1-33(21-20-24-10-4-2-5-11-24)31(34)23-28-17-16-27(29-14-8-9-15-30(28)29)22-26(18-19-32(35)36)25-12-6-3-7-13-25/h2-17,26H,18-23H2,1H3,(H,35,36). The molecule has 1 amide bonds. The van der Waals surface area contributed by atoms with Crippen molar-refractivity contribution in [3.05, 3.63) is 119 Å². The fraction of sp³-hybridized carbons (Fsp3) is 0.250. The molecule has 0 aliphatic heterocycles. The van der Waals surface area contributed by atoms with Crippen LogP contribution in [0.4, 0.5) is 0 Å². The number of carboxylic acids is 1. The first kappa shape index (κ1) is 25.2. The maximum atomic E-state index is 13.0. The highest BCUT2D eigenvalue weighted by Crippen LogP contribution is 2.31. The molecule has 4 aromatic carbocycles. The molecule has 1 atom stereocenters. The van der Waals surface area contributed by atoms with Crippen LogP contribution in [-0.4, -0.2) is 35.5 Å². The van der Waals surface area contributed by atoms with E-state index in [4.69, 9.17) is 0 Å². The minimum atomic E-state index is -0.772. The van der Waals surface area contributed by atoms with Crippen molar-refractivity contribution < 1.29 is 14.7 Å². The minimum absolute atomic E-state index is 0.104. The number of hydrogen-bond donors (Lipinski definition) is 1. The van der Waals surface area contributed by atoms with Crippen molar-refractivity contribution in [3.63, 3.8) is 0 Å². The van der Waals surface area contributed by atoms with E-state index < -0.39 is 5.97 Å². The average molecular weight is 480 g/mol. The maximum absolute atomic E-state index is 13.0. The summed E-state index contributed by atoms with van der Waals surface area (Å²) in [5.74, 6) is -0.555. The second-order valence-electron chi connectivity index (χ2n) is 9.40. The summed E-state index contributed by atoms with van der Waals surface area (Å²) >= 11 is 0. The lowest BCUT2D eigenvalue weighted by molar-refractivity contribution is -0.137. The van der Waals surface area contributed by atoms with Gasteiger partial charge in [-0.3, -0.25) is 9.59 Å². The molecule has 0 saturated carbocycles. The van der Waals surface area contributed by atoms with Crippen LogP contribution < -0.4 is 0 Å². The fourth-order valence-corrected chi connectivity index (χ4v) is 4.80. The van der Waals surface area contributed by atoms with Gasteiger partial charge in [-0.15, -0.1) is 0 Å². The molecule has 0 fully saturated rings. The van der Waals surface area contributed by atoms with Gasteiger partial charge in [-0.1, -0.05) is 97.1 Å². The van der Waals surface area contributed by atoms with Gasteiger partial charge in [0.2, 0.25) is 5.91 Å². The molecule has 1 unspecified atom stereocenters. The highest BCUT2D eigenvalue weighted by Gasteiger charge is 2.18. The molecule has 4 rings (SSSR count). The van der Waals surface area contributed by atoms with Gasteiger partial charge in [-0.05, 0) is 58.2 Å². The third-order valence-corrected chi connectivity index (χ3v) is 6.89. The maximum Gasteiger partial charge on any atom is 0.303 e. The van der Waals surface area contributed by atoms with Crippen LogP contribution >= 0.6 is 0 Å². The van der Waals surface area contributed by atoms with Gasteiger partial charge >= 0.3 is 5.97 Å². The van der Waals surface area contributed by atoms with Gasteiger partial charge in [-0.25, -0.2) is 0 Å². The summed E-state index contributed by atoms with van der Waals surface area (Å²) < 4.78 is 0. The molecule has 0 heterocycles. The van der Waals surface area contributed by atoms with Crippen molar-refractivity contribution in [3.8, 4) is 0 Å². The number of hydrogen-bond acceptors (Lipinski definition) is 2. The molecule has 1 N–H and O–H groups in total. The lowest BCUT2D eigenvalue weighted by Gasteiger charge is -2.20. The first-order valence-corrected chi connectivity index (χ1v) is 12.6. The predicted molar refractivity (Wildman–Crippen MR) is 145 cm³/mol. The van der Waals surface area contributed by atoms with Gasteiger partial charge in [0, 0.05) is 20.0 Å². The number of fused-ring (bicyclic) bond motifs is 1. The lowest BCUT2D eigenvalue weighted by Crippen LogP contribution is -2.30. The van der Waals surface area contributed by atoms with E-state index in [1.165, 1.54) is 11.1 Å². The van der Waals surface area contributed by atoms with E-state index in [2.05, 4.69) is 48.5 Å². The summed E-state index contributed by atoms with van der Waals surface area (Å²) in [5, 5.41) is 11.5. The van der Waals surface area contributed by atoms with E-state index in [0.29, 0.717) is 19.4 Å². The highest BCUT2D eigenvalue weighted by molar-refractivity contribution is 5.92. The van der Waals surface area contributed by atoms with Crippen molar-refractivity contribution in [2.75, 3.05) is 13.6 Å². The first-order chi connectivity index (χ1) is 17.5. The Bertz CT molecular complexity index is 1300. The average Bonchev–Trinajstić information content (AvgIpc) is 2.91. The summed E-state index contributed by atoms with van der Waals surface area (Å²) in [6, 6.07) is 32.8. The molecule has 0 aliphatic rings. The molecule has 0 saturated heterocycles. The largest absolute Gasteiger partial charge is 0.481 e. The molecule has 4 heteroatoms. The van der Waals surface area contributed by atoms with Crippen molar-refractivity contribution >= 4 is 22.6 Å². The third-order valence-electron chi connectivity index (χ3n) is 6.89. The highest BCUT2D eigenvalue weighted by atomic mass is 16.4. The number of likely N-dealkylation sites (N-methyl/N-ethyl adjacent to an activating group) is 1. The zero-order valence-corrected chi connectivity index (χ0v) is 20.8. The van der Waals surface area contributed by atoms with Gasteiger partial charge in [0.05, 0.1) is 6.42 Å². The molecule has 36 heavy (non-hydrogen) atoms. The SMILES string of the molecule is CN(CCc1ccccc1)C(=O)Cc1ccc(CC(CCC(=O)O)c2ccccc2)c2ccccc12. The molecule has 0 radical (unpaired) electrons. The van der Waals surface area contributed by atoms with Crippen molar-refractivity contribution in [2.45, 2.75) is 38.0 Å². The van der Waals surface area contributed by atoms with Crippen LogP contribution in [0.15, 0.2) is 97.1 Å². The second-order valence-corrected chi connectivity index (χ2v) is 9.40. The van der Waals surface area contributed by atoms with Crippen LogP contribution in [0.25, 0.3) is 10.8 Å². The summed E-state index contributed by atoms with van der Waals surface area (Å²) in [4.78, 5) is 26.2. The van der Waals surface area contributed by atoms with E-state index in [-0.39, 0.29) is 18.2 Å². The molecule has 4 nitrogen and oxygen atoms in total. The number of aliphatic carboxylic acids is 1. The fourth-order valence-electron chi connectivity index (χ4n) is 4.80. The van der Waals surface area contributed by atoms with Crippen molar-refractivity contribution in [2.24, 2.45) is 0 Å². The molecule has 4 aromatic rings. The third kappa shape index (κ3) is 6.60. The van der Waals surface area contributed by atoms with Gasteiger partial charge in [0.25, 0.3) is 0 Å². The monoisotopic (exact) mass is 479 g/mol. The normalized spacial score (nSPS) is 11.8. The zero-order chi connectivity index (χ0) is 25.3.